The first-order valence-electron chi connectivity index (χ1n) is 9.06. The topological polar surface area (TPSA) is 88.6 Å². The predicted molar refractivity (Wildman–Crippen MR) is 92.7 cm³/mol. The maximum absolute atomic E-state index is 12.7. The molecule has 0 radical (unpaired) electrons. The number of carbonyl (C=O) groups excluding carboxylic acids is 2. The van der Waals surface area contributed by atoms with Crippen molar-refractivity contribution in [3.05, 3.63) is 40.7 Å². The van der Waals surface area contributed by atoms with E-state index >= 15 is 0 Å². The molecule has 7 nitrogen and oxygen atoms in total. The van der Waals surface area contributed by atoms with Crippen LogP contribution in [0, 0.1) is 13.8 Å². The maximum atomic E-state index is 12.7. The van der Waals surface area contributed by atoms with Gasteiger partial charge in [0.2, 0.25) is 5.91 Å². The van der Waals surface area contributed by atoms with Crippen molar-refractivity contribution in [3.8, 4) is 0 Å². The molecule has 138 valence electrons. The second-order valence-corrected chi connectivity index (χ2v) is 7.37. The third-order valence-electron chi connectivity index (χ3n) is 5.65. The molecule has 2 aromatic heterocycles. The highest BCUT2D eigenvalue weighted by atomic mass is 16.5. The summed E-state index contributed by atoms with van der Waals surface area (Å²) in [6.45, 7) is 5.04. The first-order valence-corrected chi connectivity index (χ1v) is 9.06. The number of piperidine rings is 1. The molecule has 0 saturated carbocycles. The highest BCUT2D eigenvalue weighted by Crippen LogP contribution is 2.32. The number of hydrogen-bond donors (Lipinski definition) is 1. The van der Waals surface area contributed by atoms with Crippen molar-refractivity contribution >= 4 is 11.8 Å². The highest BCUT2D eigenvalue weighted by Gasteiger charge is 2.41. The van der Waals surface area contributed by atoms with Gasteiger partial charge < -0.3 is 19.2 Å². The molecule has 4 rings (SSSR count). The smallest absolute Gasteiger partial charge is 0.289 e. The number of rotatable bonds is 3. The normalized spacial score (nSPS) is 19.2. The van der Waals surface area contributed by atoms with E-state index in [9.17, 15) is 9.59 Å². The fourth-order valence-electron chi connectivity index (χ4n) is 3.96. The zero-order chi connectivity index (χ0) is 18.3. The molecule has 2 amide bonds. The van der Waals surface area contributed by atoms with E-state index in [-0.39, 0.29) is 17.4 Å². The average Bonchev–Trinajstić information content (AvgIpc) is 3.32. The standard InChI is InChI=1S/C19H23N3O4/c1-12-15(13(2)26-21-12)11-14-3-4-16(25-14)18(24)22-9-7-19(8-10-22)6-5-17(23)20-19/h3-4H,5-11H2,1-2H3,(H,20,23). The second-order valence-electron chi connectivity index (χ2n) is 7.37. The average molecular weight is 357 g/mol. The van der Waals surface area contributed by atoms with Gasteiger partial charge in [0.05, 0.1) is 5.69 Å². The van der Waals surface area contributed by atoms with Crippen LogP contribution >= 0.6 is 0 Å². The SMILES string of the molecule is Cc1noc(C)c1Cc1ccc(C(=O)N2CCC3(CCC(=O)N3)CC2)o1. The van der Waals surface area contributed by atoms with Gasteiger partial charge >= 0.3 is 0 Å². The molecule has 26 heavy (non-hydrogen) atoms. The van der Waals surface area contributed by atoms with E-state index in [1.54, 1.807) is 6.07 Å². The first-order chi connectivity index (χ1) is 12.5. The molecule has 4 heterocycles. The molecule has 2 saturated heterocycles. The molecule has 7 heteroatoms. The van der Waals surface area contributed by atoms with E-state index in [1.165, 1.54) is 0 Å². The van der Waals surface area contributed by atoms with E-state index < -0.39 is 0 Å². The molecule has 2 aliphatic heterocycles. The van der Waals surface area contributed by atoms with Crippen LogP contribution in [0.1, 0.15) is 59.0 Å². The zero-order valence-electron chi connectivity index (χ0n) is 15.1. The van der Waals surface area contributed by atoms with Crippen molar-refractivity contribution in [1.82, 2.24) is 15.4 Å². The molecular weight excluding hydrogens is 334 g/mol. The summed E-state index contributed by atoms with van der Waals surface area (Å²) in [4.78, 5) is 26.1. The first kappa shape index (κ1) is 16.9. The van der Waals surface area contributed by atoms with Crippen molar-refractivity contribution in [3.63, 3.8) is 0 Å². The molecule has 0 unspecified atom stereocenters. The van der Waals surface area contributed by atoms with Crippen molar-refractivity contribution < 1.29 is 18.5 Å². The van der Waals surface area contributed by atoms with Crippen LogP contribution in [0.5, 0.6) is 0 Å². The third-order valence-corrected chi connectivity index (χ3v) is 5.65. The van der Waals surface area contributed by atoms with Gasteiger partial charge in [-0.1, -0.05) is 5.16 Å². The lowest BCUT2D eigenvalue weighted by Gasteiger charge is -2.38. The van der Waals surface area contributed by atoms with Gasteiger partial charge in [-0.3, -0.25) is 9.59 Å². The lowest BCUT2D eigenvalue weighted by Crippen LogP contribution is -2.52. The van der Waals surface area contributed by atoms with Gasteiger partial charge in [0.1, 0.15) is 11.5 Å². The number of amides is 2. The lowest BCUT2D eigenvalue weighted by molar-refractivity contribution is -0.120. The van der Waals surface area contributed by atoms with E-state index in [2.05, 4.69) is 10.5 Å². The number of nitrogens with one attached hydrogen (secondary N) is 1. The maximum Gasteiger partial charge on any atom is 0.289 e. The Hall–Kier alpha value is -2.57. The fraction of sp³-hybridized carbons (Fsp3) is 0.526. The van der Waals surface area contributed by atoms with Crippen LogP contribution in [0.4, 0.5) is 0 Å². The van der Waals surface area contributed by atoms with Crippen LogP contribution in [0.3, 0.4) is 0 Å². The lowest BCUT2D eigenvalue weighted by atomic mass is 9.86. The fourth-order valence-corrected chi connectivity index (χ4v) is 3.96. The molecular formula is C19H23N3O4. The molecule has 2 aromatic rings. The quantitative estimate of drug-likeness (QED) is 0.911. The van der Waals surface area contributed by atoms with E-state index in [0.29, 0.717) is 31.7 Å². The predicted octanol–water partition coefficient (Wildman–Crippen LogP) is 2.36. The minimum atomic E-state index is -0.106. The van der Waals surface area contributed by atoms with Gasteiger partial charge in [-0.2, -0.15) is 0 Å². The Balaban J connectivity index is 1.40. The largest absolute Gasteiger partial charge is 0.456 e. The molecule has 1 spiro atoms. The number of hydrogen-bond acceptors (Lipinski definition) is 5. The summed E-state index contributed by atoms with van der Waals surface area (Å²) >= 11 is 0. The van der Waals surface area contributed by atoms with Crippen molar-refractivity contribution in [1.29, 1.82) is 0 Å². The van der Waals surface area contributed by atoms with Gasteiger partial charge in [-0.05, 0) is 45.2 Å². The number of likely N-dealkylation sites (tertiary alicyclic amines) is 1. The van der Waals surface area contributed by atoms with E-state index in [0.717, 1.165) is 42.0 Å². The zero-order valence-corrected chi connectivity index (χ0v) is 15.1. The Morgan fingerprint density at radius 2 is 2.04 bits per heavy atom. The van der Waals surface area contributed by atoms with Crippen molar-refractivity contribution in [2.24, 2.45) is 0 Å². The summed E-state index contributed by atoms with van der Waals surface area (Å²) in [6, 6.07) is 3.57. The summed E-state index contributed by atoms with van der Waals surface area (Å²) in [7, 11) is 0. The summed E-state index contributed by atoms with van der Waals surface area (Å²) in [5.41, 5.74) is 1.73. The Morgan fingerprint density at radius 1 is 1.27 bits per heavy atom. The molecule has 0 aliphatic carbocycles. The summed E-state index contributed by atoms with van der Waals surface area (Å²) in [5, 5.41) is 7.04. The van der Waals surface area contributed by atoms with E-state index in [1.807, 2.05) is 24.8 Å². The van der Waals surface area contributed by atoms with Crippen LogP contribution in [0.15, 0.2) is 21.1 Å². The molecule has 0 aromatic carbocycles. The van der Waals surface area contributed by atoms with E-state index in [4.69, 9.17) is 8.94 Å². The molecule has 2 fully saturated rings. The van der Waals surface area contributed by atoms with Crippen molar-refractivity contribution in [2.45, 2.75) is 51.5 Å². The van der Waals surface area contributed by atoms with Gasteiger partial charge in [-0.15, -0.1) is 0 Å². The second kappa shape index (κ2) is 6.30. The molecule has 0 bridgehead atoms. The Bertz CT molecular complexity index is 823. The number of aryl methyl sites for hydroxylation is 2. The van der Waals surface area contributed by atoms with Gasteiger partial charge in [0.25, 0.3) is 5.91 Å². The Kier molecular flexibility index (Phi) is 4.09. The molecule has 0 atom stereocenters. The van der Waals surface area contributed by atoms with Crippen LogP contribution in [-0.4, -0.2) is 40.5 Å². The van der Waals surface area contributed by atoms with Crippen molar-refractivity contribution in [2.75, 3.05) is 13.1 Å². The summed E-state index contributed by atoms with van der Waals surface area (Å²) < 4.78 is 11.0. The molecule has 1 N–H and O–H groups in total. The Labute approximate surface area is 151 Å². The number of aromatic nitrogens is 1. The van der Waals surface area contributed by atoms with Crippen LogP contribution in [-0.2, 0) is 11.2 Å². The monoisotopic (exact) mass is 357 g/mol. The summed E-state index contributed by atoms with van der Waals surface area (Å²) in [5.74, 6) is 1.89. The van der Waals surface area contributed by atoms with Crippen LogP contribution in [0.25, 0.3) is 0 Å². The molecule has 2 aliphatic rings. The number of furan rings is 1. The van der Waals surface area contributed by atoms with Gasteiger partial charge in [0, 0.05) is 37.0 Å². The third kappa shape index (κ3) is 3.02. The minimum absolute atomic E-state index is 0.0887. The van der Waals surface area contributed by atoms with Crippen LogP contribution < -0.4 is 5.32 Å². The van der Waals surface area contributed by atoms with Crippen LogP contribution in [0.2, 0.25) is 0 Å². The highest BCUT2D eigenvalue weighted by molar-refractivity contribution is 5.91. The summed E-state index contributed by atoms with van der Waals surface area (Å²) in [6.07, 6.45) is 3.63. The number of nitrogens with zero attached hydrogens (tertiary/aromatic N) is 2. The Morgan fingerprint density at radius 3 is 2.65 bits per heavy atom. The number of carbonyl (C=O) groups is 2. The van der Waals surface area contributed by atoms with Gasteiger partial charge in [-0.25, -0.2) is 0 Å². The van der Waals surface area contributed by atoms with Gasteiger partial charge in [0.15, 0.2) is 5.76 Å². The minimum Gasteiger partial charge on any atom is -0.456 e.